The Balaban J connectivity index is 2.19. The van der Waals surface area contributed by atoms with Gasteiger partial charge in [-0.05, 0) is 31.5 Å². The van der Waals surface area contributed by atoms with Crippen LogP contribution >= 0.6 is 0 Å². The number of esters is 2. The van der Waals surface area contributed by atoms with Crippen molar-refractivity contribution in [2.24, 2.45) is 5.41 Å². The lowest BCUT2D eigenvalue weighted by atomic mass is 9.99. The molecule has 0 heterocycles. The van der Waals surface area contributed by atoms with Crippen LogP contribution in [-0.2, 0) is 28.9 Å². The van der Waals surface area contributed by atoms with Crippen LogP contribution in [0.1, 0.15) is 25.3 Å². The van der Waals surface area contributed by atoms with Crippen LogP contribution < -0.4 is 0 Å². The fourth-order valence-electron chi connectivity index (χ4n) is 3.71. The lowest BCUT2D eigenvalue weighted by molar-refractivity contribution is -0.164. The second-order valence-corrected chi connectivity index (χ2v) is 8.55. The van der Waals surface area contributed by atoms with Gasteiger partial charge in [-0.3, -0.25) is 9.59 Å². The summed E-state index contributed by atoms with van der Waals surface area (Å²) in [6.07, 6.45) is 0. The first-order valence-corrected chi connectivity index (χ1v) is 10.6. The summed E-state index contributed by atoms with van der Waals surface area (Å²) >= 11 is 0. The quantitative estimate of drug-likeness (QED) is 0.523. The standard InChI is InChI=1S/C21H22O6S/c1-3-26-19(22)21(20(23)27-4-2)17(15-11-7-5-8-12-15)18(21)28(24,25)16-13-9-6-10-14-16/h5-14,17-18H,3-4H2,1-2H3/t17-,18+/m1/s1. The minimum Gasteiger partial charge on any atom is -0.465 e. The monoisotopic (exact) mass is 402 g/mol. The maximum atomic E-state index is 13.4. The van der Waals surface area contributed by atoms with Gasteiger partial charge in [0.2, 0.25) is 0 Å². The van der Waals surface area contributed by atoms with Crippen LogP contribution in [0.3, 0.4) is 0 Å². The number of benzene rings is 2. The van der Waals surface area contributed by atoms with Gasteiger partial charge in [0.1, 0.15) is 5.25 Å². The Morgan fingerprint density at radius 2 is 1.32 bits per heavy atom. The molecule has 2 aromatic rings. The molecule has 2 aromatic carbocycles. The molecule has 7 heteroatoms. The highest BCUT2D eigenvalue weighted by Crippen LogP contribution is 2.65. The molecule has 6 nitrogen and oxygen atoms in total. The summed E-state index contributed by atoms with van der Waals surface area (Å²) in [6, 6.07) is 16.5. The number of hydrogen-bond donors (Lipinski definition) is 0. The van der Waals surface area contributed by atoms with Crippen LogP contribution in [-0.4, -0.2) is 38.8 Å². The summed E-state index contributed by atoms with van der Waals surface area (Å²) in [6.45, 7) is 3.27. The molecule has 3 rings (SSSR count). The predicted octanol–water partition coefficient (Wildman–Crippen LogP) is 2.74. The lowest BCUT2D eigenvalue weighted by Crippen LogP contribution is -2.35. The molecule has 0 amide bonds. The third kappa shape index (κ3) is 3.09. The topological polar surface area (TPSA) is 86.7 Å². The summed E-state index contributed by atoms with van der Waals surface area (Å²) < 4.78 is 37.1. The van der Waals surface area contributed by atoms with Crippen molar-refractivity contribution in [2.45, 2.75) is 29.9 Å². The van der Waals surface area contributed by atoms with Crippen LogP contribution in [0.15, 0.2) is 65.6 Å². The zero-order valence-electron chi connectivity index (χ0n) is 15.7. The highest BCUT2D eigenvalue weighted by molar-refractivity contribution is 7.92. The molecule has 148 valence electrons. The molecule has 0 bridgehead atoms. The molecule has 0 saturated heterocycles. The van der Waals surface area contributed by atoms with Crippen molar-refractivity contribution in [3.8, 4) is 0 Å². The van der Waals surface area contributed by atoms with E-state index in [9.17, 15) is 18.0 Å². The lowest BCUT2D eigenvalue weighted by Gasteiger charge is -2.15. The average molecular weight is 402 g/mol. The van der Waals surface area contributed by atoms with Crippen molar-refractivity contribution in [1.82, 2.24) is 0 Å². The Kier molecular flexibility index (Phi) is 5.56. The third-order valence-electron chi connectivity index (χ3n) is 4.92. The number of ether oxygens (including phenoxy) is 2. The normalized spacial score (nSPS) is 20.2. The highest BCUT2D eigenvalue weighted by atomic mass is 32.2. The molecule has 0 radical (unpaired) electrons. The first-order valence-electron chi connectivity index (χ1n) is 9.10. The Morgan fingerprint density at radius 3 is 1.79 bits per heavy atom. The Labute approximate surface area is 164 Å². The third-order valence-corrected chi connectivity index (χ3v) is 7.17. The summed E-state index contributed by atoms with van der Waals surface area (Å²) in [7, 11) is -4.00. The van der Waals surface area contributed by atoms with E-state index in [1.807, 2.05) is 0 Å². The SMILES string of the molecule is CCOC(=O)C1(C(=O)OCC)[C@H](c2ccccc2)[C@@H]1S(=O)(=O)c1ccccc1. The molecule has 0 aromatic heterocycles. The van der Waals surface area contributed by atoms with E-state index in [1.54, 1.807) is 62.4 Å². The van der Waals surface area contributed by atoms with Gasteiger partial charge >= 0.3 is 11.9 Å². The fourth-order valence-corrected chi connectivity index (χ4v) is 6.02. The maximum Gasteiger partial charge on any atom is 0.325 e. The van der Waals surface area contributed by atoms with Crippen molar-refractivity contribution in [1.29, 1.82) is 0 Å². The van der Waals surface area contributed by atoms with Crippen molar-refractivity contribution in [2.75, 3.05) is 13.2 Å². The molecule has 0 unspecified atom stereocenters. The highest BCUT2D eigenvalue weighted by Gasteiger charge is 2.81. The second-order valence-electron chi connectivity index (χ2n) is 6.48. The number of hydrogen-bond acceptors (Lipinski definition) is 6. The number of rotatable bonds is 7. The van der Waals surface area contributed by atoms with E-state index < -0.39 is 38.4 Å². The first-order chi connectivity index (χ1) is 13.4. The Bertz CT molecular complexity index is 935. The van der Waals surface area contributed by atoms with Crippen LogP contribution in [0.25, 0.3) is 0 Å². The van der Waals surface area contributed by atoms with Gasteiger partial charge in [0, 0.05) is 5.92 Å². The van der Waals surface area contributed by atoms with Crippen molar-refractivity contribution < 1.29 is 27.5 Å². The maximum absolute atomic E-state index is 13.4. The van der Waals surface area contributed by atoms with E-state index >= 15 is 0 Å². The molecule has 1 aliphatic carbocycles. The van der Waals surface area contributed by atoms with E-state index in [-0.39, 0.29) is 18.1 Å². The number of carbonyl (C=O) groups is 2. The van der Waals surface area contributed by atoms with Gasteiger partial charge in [-0.1, -0.05) is 48.5 Å². The van der Waals surface area contributed by atoms with E-state index in [4.69, 9.17) is 9.47 Å². The van der Waals surface area contributed by atoms with Gasteiger partial charge in [0.25, 0.3) is 0 Å². The summed E-state index contributed by atoms with van der Waals surface area (Å²) in [5.41, 5.74) is -1.34. The summed E-state index contributed by atoms with van der Waals surface area (Å²) in [4.78, 5) is 25.9. The molecule has 0 spiro atoms. The van der Waals surface area contributed by atoms with Crippen LogP contribution in [0.2, 0.25) is 0 Å². The van der Waals surface area contributed by atoms with Gasteiger partial charge < -0.3 is 9.47 Å². The Hall–Kier alpha value is -2.67. The van der Waals surface area contributed by atoms with Crippen molar-refractivity contribution in [3.63, 3.8) is 0 Å². The first kappa shape index (κ1) is 20.1. The van der Waals surface area contributed by atoms with Gasteiger partial charge in [0.15, 0.2) is 15.3 Å². The van der Waals surface area contributed by atoms with E-state index in [2.05, 4.69) is 0 Å². The van der Waals surface area contributed by atoms with E-state index in [0.717, 1.165) is 0 Å². The largest absolute Gasteiger partial charge is 0.465 e. The molecular weight excluding hydrogens is 380 g/mol. The van der Waals surface area contributed by atoms with Gasteiger partial charge in [-0.2, -0.15) is 0 Å². The van der Waals surface area contributed by atoms with Crippen molar-refractivity contribution in [3.05, 3.63) is 66.2 Å². The van der Waals surface area contributed by atoms with Gasteiger partial charge in [-0.25, -0.2) is 8.42 Å². The Morgan fingerprint density at radius 1 is 0.857 bits per heavy atom. The molecule has 0 N–H and O–H groups in total. The van der Waals surface area contributed by atoms with Gasteiger partial charge in [0.05, 0.1) is 18.1 Å². The zero-order valence-corrected chi connectivity index (χ0v) is 16.5. The van der Waals surface area contributed by atoms with Crippen LogP contribution in [0.5, 0.6) is 0 Å². The molecule has 1 fully saturated rings. The smallest absolute Gasteiger partial charge is 0.325 e. The minimum atomic E-state index is -4.00. The second kappa shape index (κ2) is 7.75. The van der Waals surface area contributed by atoms with Gasteiger partial charge in [-0.15, -0.1) is 0 Å². The minimum absolute atomic E-state index is 0.0274. The van der Waals surface area contributed by atoms with Crippen LogP contribution in [0.4, 0.5) is 0 Å². The molecule has 28 heavy (non-hydrogen) atoms. The molecule has 0 aliphatic heterocycles. The molecular formula is C21H22O6S. The fraction of sp³-hybridized carbons (Fsp3) is 0.333. The summed E-state index contributed by atoms with van der Waals surface area (Å²) in [5.74, 6) is -2.62. The molecule has 2 atom stereocenters. The van der Waals surface area contributed by atoms with E-state index in [0.29, 0.717) is 5.56 Å². The number of sulfone groups is 1. The van der Waals surface area contributed by atoms with Crippen LogP contribution in [0, 0.1) is 5.41 Å². The molecule has 1 aliphatic rings. The molecule has 1 saturated carbocycles. The summed E-state index contributed by atoms with van der Waals surface area (Å²) in [5, 5.41) is -1.29. The average Bonchev–Trinajstić information content (AvgIpc) is 3.42. The zero-order chi connectivity index (χ0) is 20.4. The predicted molar refractivity (Wildman–Crippen MR) is 102 cm³/mol. The van der Waals surface area contributed by atoms with E-state index in [1.165, 1.54) is 12.1 Å². The van der Waals surface area contributed by atoms with Crippen molar-refractivity contribution >= 4 is 21.8 Å². The number of carbonyl (C=O) groups excluding carboxylic acids is 2.